The first-order chi connectivity index (χ1) is 9.79. The van der Waals surface area contributed by atoms with Crippen LogP contribution in [0.5, 0.6) is 0 Å². The number of amides is 1. The van der Waals surface area contributed by atoms with Crippen molar-refractivity contribution in [3.8, 4) is 0 Å². The third kappa shape index (κ3) is 2.03. The molecule has 1 aliphatic rings. The van der Waals surface area contributed by atoms with E-state index in [0.29, 0.717) is 12.1 Å². The Kier molecular flexibility index (Phi) is 2.97. The second-order valence-corrected chi connectivity index (χ2v) is 4.23. The summed E-state index contributed by atoms with van der Waals surface area (Å²) in [4.78, 5) is 23.5. The van der Waals surface area contributed by atoms with Crippen molar-refractivity contribution < 1.29 is 4.79 Å². The van der Waals surface area contributed by atoms with E-state index in [4.69, 9.17) is 6.57 Å². The number of carbonyl (C=O) groups is 1. The first-order valence-electron chi connectivity index (χ1n) is 5.96. The van der Waals surface area contributed by atoms with Gasteiger partial charge in [0.25, 0.3) is 0 Å². The van der Waals surface area contributed by atoms with Gasteiger partial charge in [-0.25, -0.2) is 19.6 Å². The summed E-state index contributed by atoms with van der Waals surface area (Å²) < 4.78 is 1.36. The number of pyridine rings is 1. The topological polar surface area (TPSA) is 67.7 Å². The summed E-state index contributed by atoms with van der Waals surface area (Å²) in [6.45, 7) is 7.02. The van der Waals surface area contributed by atoms with E-state index in [2.05, 4.69) is 19.9 Å². The summed E-state index contributed by atoms with van der Waals surface area (Å²) in [7, 11) is 0. The standard InChI is InChI=1S/C13H10N6O/c1-14-11-6-10(7-16-8-11)12-2-3-17-19(12)13(20)18-5-4-15-9-18/h3-9,12H,2H2/t12-/m0/s1. The highest BCUT2D eigenvalue weighted by atomic mass is 16.2. The minimum Gasteiger partial charge on any atom is -0.276 e. The Morgan fingerprint density at radius 1 is 1.40 bits per heavy atom. The lowest BCUT2D eigenvalue weighted by atomic mass is 10.1. The van der Waals surface area contributed by atoms with Gasteiger partial charge in [-0.15, -0.1) is 0 Å². The molecule has 0 bridgehead atoms. The summed E-state index contributed by atoms with van der Waals surface area (Å²) in [5.41, 5.74) is 1.24. The first kappa shape index (κ1) is 12.0. The smallest absolute Gasteiger partial charge is 0.276 e. The molecule has 0 aromatic carbocycles. The molecule has 0 unspecified atom stereocenters. The Labute approximate surface area is 115 Å². The van der Waals surface area contributed by atoms with E-state index >= 15 is 0 Å². The molecule has 0 fully saturated rings. The Morgan fingerprint density at radius 3 is 3.05 bits per heavy atom. The summed E-state index contributed by atoms with van der Waals surface area (Å²) in [5.74, 6) is 0. The Balaban J connectivity index is 1.90. The second-order valence-electron chi connectivity index (χ2n) is 4.23. The van der Waals surface area contributed by atoms with Crippen LogP contribution in [0.25, 0.3) is 4.85 Å². The van der Waals surface area contributed by atoms with Crippen LogP contribution in [0.2, 0.25) is 0 Å². The van der Waals surface area contributed by atoms with Crippen molar-refractivity contribution in [3.05, 3.63) is 54.2 Å². The molecular weight excluding hydrogens is 256 g/mol. The van der Waals surface area contributed by atoms with Gasteiger partial charge in [-0.2, -0.15) is 5.10 Å². The second kappa shape index (κ2) is 4.93. The van der Waals surface area contributed by atoms with Gasteiger partial charge in [-0.3, -0.25) is 9.55 Å². The van der Waals surface area contributed by atoms with E-state index < -0.39 is 0 Å². The third-order valence-corrected chi connectivity index (χ3v) is 3.01. The fourth-order valence-corrected chi connectivity index (χ4v) is 2.05. The van der Waals surface area contributed by atoms with Gasteiger partial charge in [-0.05, 0) is 11.6 Å². The fraction of sp³-hybridized carbons (Fsp3) is 0.154. The molecule has 2 aromatic heterocycles. The quantitative estimate of drug-likeness (QED) is 0.743. The predicted octanol–water partition coefficient (Wildman–Crippen LogP) is 2.23. The van der Waals surface area contributed by atoms with Gasteiger partial charge in [-0.1, -0.05) is 0 Å². The van der Waals surface area contributed by atoms with E-state index in [1.807, 2.05) is 0 Å². The van der Waals surface area contributed by atoms with Crippen molar-refractivity contribution in [3.63, 3.8) is 0 Å². The predicted molar refractivity (Wildman–Crippen MR) is 71.2 cm³/mol. The fourth-order valence-electron chi connectivity index (χ4n) is 2.05. The first-order valence-corrected chi connectivity index (χ1v) is 5.96. The van der Waals surface area contributed by atoms with Crippen molar-refractivity contribution in [2.24, 2.45) is 5.10 Å². The maximum absolute atomic E-state index is 12.3. The van der Waals surface area contributed by atoms with Crippen LogP contribution in [0.3, 0.4) is 0 Å². The summed E-state index contributed by atoms with van der Waals surface area (Å²) in [6.07, 6.45) is 9.97. The molecule has 3 heterocycles. The molecule has 7 nitrogen and oxygen atoms in total. The molecule has 0 saturated heterocycles. The number of hydrazone groups is 1. The highest BCUT2D eigenvalue weighted by molar-refractivity contribution is 5.80. The zero-order valence-corrected chi connectivity index (χ0v) is 10.4. The van der Waals surface area contributed by atoms with Crippen molar-refractivity contribution in [1.82, 2.24) is 19.5 Å². The van der Waals surface area contributed by atoms with E-state index in [0.717, 1.165) is 5.56 Å². The molecule has 1 aliphatic heterocycles. The van der Waals surface area contributed by atoms with E-state index in [9.17, 15) is 4.79 Å². The van der Waals surface area contributed by atoms with E-state index in [-0.39, 0.29) is 12.1 Å². The average molecular weight is 266 g/mol. The molecule has 0 radical (unpaired) electrons. The van der Waals surface area contributed by atoms with Crippen molar-refractivity contribution >= 4 is 17.9 Å². The van der Waals surface area contributed by atoms with Gasteiger partial charge < -0.3 is 0 Å². The number of hydrogen-bond acceptors (Lipinski definition) is 4. The number of aromatic nitrogens is 3. The molecule has 3 rings (SSSR count). The Hall–Kier alpha value is -3.01. The third-order valence-electron chi connectivity index (χ3n) is 3.01. The molecule has 0 spiro atoms. The van der Waals surface area contributed by atoms with Crippen LogP contribution in [-0.2, 0) is 0 Å². The molecule has 2 aromatic rings. The lowest BCUT2D eigenvalue weighted by molar-refractivity contribution is 0.188. The number of carbonyl (C=O) groups excluding carboxylic acids is 1. The number of nitrogens with zero attached hydrogens (tertiary/aromatic N) is 6. The normalized spacial score (nSPS) is 17.1. The van der Waals surface area contributed by atoms with Gasteiger partial charge in [0.1, 0.15) is 6.33 Å². The van der Waals surface area contributed by atoms with E-state index in [1.54, 1.807) is 24.7 Å². The Morgan fingerprint density at radius 2 is 2.30 bits per heavy atom. The van der Waals surface area contributed by atoms with Gasteiger partial charge >= 0.3 is 6.03 Å². The maximum atomic E-state index is 12.3. The average Bonchev–Trinajstić information content (AvgIpc) is 3.17. The number of imidazole rings is 1. The minimum absolute atomic E-state index is 0.237. The molecule has 0 aliphatic carbocycles. The molecule has 1 atom stereocenters. The highest BCUT2D eigenvalue weighted by Crippen LogP contribution is 2.30. The van der Waals surface area contributed by atoms with Crippen molar-refractivity contribution in [2.45, 2.75) is 12.5 Å². The zero-order valence-electron chi connectivity index (χ0n) is 10.4. The van der Waals surface area contributed by atoms with Gasteiger partial charge in [0.2, 0.25) is 5.69 Å². The number of hydrogen-bond donors (Lipinski definition) is 0. The van der Waals surface area contributed by atoms with Crippen molar-refractivity contribution in [1.29, 1.82) is 0 Å². The molecular formula is C13H10N6O. The lowest BCUT2D eigenvalue weighted by Gasteiger charge is -2.21. The summed E-state index contributed by atoms with van der Waals surface area (Å²) in [6, 6.07) is 1.21. The molecule has 0 N–H and O–H groups in total. The van der Waals surface area contributed by atoms with Crippen LogP contribution < -0.4 is 0 Å². The zero-order chi connectivity index (χ0) is 13.9. The van der Waals surface area contributed by atoms with Gasteiger partial charge in [0.15, 0.2) is 0 Å². The van der Waals surface area contributed by atoms with Crippen LogP contribution >= 0.6 is 0 Å². The van der Waals surface area contributed by atoms with Gasteiger partial charge in [0, 0.05) is 37.4 Å². The van der Waals surface area contributed by atoms with Crippen LogP contribution in [0.4, 0.5) is 10.5 Å². The van der Waals surface area contributed by atoms with Crippen LogP contribution in [-0.4, -0.2) is 31.8 Å². The summed E-state index contributed by atoms with van der Waals surface area (Å²) >= 11 is 0. The SMILES string of the molecule is [C-]#[N+]c1cncc([C@@H]2CC=NN2C(=O)n2ccnc2)c1. The highest BCUT2D eigenvalue weighted by Gasteiger charge is 2.29. The van der Waals surface area contributed by atoms with Crippen LogP contribution in [0.1, 0.15) is 18.0 Å². The van der Waals surface area contributed by atoms with Crippen molar-refractivity contribution in [2.75, 3.05) is 0 Å². The largest absolute Gasteiger partial charge is 0.350 e. The molecule has 98 valence electrons. The monoisotopic (exact) mass is 266 g/mol. The molecule has 0 saturated carbocycles. The van der Waals surface area contributed by atoms with E-state index in [1.165, 1.54) is 28.3 Å². The molecule has 7 heteroatoms. The van der Waals surface area contributed by atoms with Crippen LogP contribution in [0, 0.1) is 6.57 Å². The number of rotatable bonds is 1. The van der Waals surface area contributed by atoms with Gasteiger partial charge in [0.05, 0.1) is 12.6 Å². The molecule has 1 amide bonds. The minimum atomic E-state index is -0.283. The summed E-state index contributed by atoms with van der Waals surface area (Å²) in [5, 5.41) is 5.49. The Bertz CT molecular complexity index is 700. The lowest BCUT2D eigenvalue weighted by Crippen LogP contribution is -2.30. The molecule has 20 heavy (non-hydrogen) atoms. The van der Waals surface area contributed by atoms with Crippen LogP contribution in [0.15, 0.2) is 42.3 Å². The maximum Gasteiger partial charge on any atom is 0.350 e.